The lowest BCUT2D eigenvalue weighted by molar-refractivity contribution is -0.141. The Balaban J connectivity index is 1.85. The normalized spacial score (nSPS) is 19.1. The van der Waals surface area contributed by atoms with Crippen LogP contribution in [0, 0.1) is 24.2 Å². The summed E-state index contributed by atoms with van der Waals surface area (Å²) < 4.78 is 5.51. The number of aliphatic hydroxyl groups is 1. The van der Waals surface area contributed by atoms with E-state index in [-0.39, 0.29) is 22.9 Å². The van der Waals surface area contributed by atoms with Crippen LogP contribution in [-0.4, -0.2) is 54.3 Å². The molecule has 1 heterocycles. The van der Waals surface area contributed by atoms with Crippen molar-refractivity contribution in [3.63, 3.8) is 0 Å². The lowest BCUT2D eigenvalue weighted by Gasteiger charge is -2.44. The third-order valence-corrected chi connectivity index (χ3v) is 6.18. The first-order chi connectivity index (χ1) is 13.8. The van der Waals surface area contributed by atoms with Crippen molar-refractivity contribution in [3.05, 3.63) is 28.8 Å². The molecule has 1 amide bonds. The van der Waals surface area contributed by atoms with Gasteiger partial charge in [0.05, 0.1) is 7.11 Å². The van der Waals surface area contributed by atoms with Crippen molar-refractivity contribution in [1.82, 2.24) is 4.90 Å². The Labute approximate surface area is 171 Å². The molecular formula is C23H27NO5. The summed E-state index contributed by atoms with van der Waals surface area (Å²) >= 11 is 0. The summed E-state index contributed by atoms with van der Waals surface area (Å²) in [6.45, 7) is 4.06. The number of aliphatic hydroxyl groups excluding tert-OH is 1. The van der Waals surface area contributed by atoms with Crippen LogP contribution in [0.2, 0.25) is 0 Å². The molecule has 154 valence electrons. The fourth-order valence-corrected chi connectivity index (χ4v) is 4.71. The zero-order chi connectivity index (χ0) is 21.2. The number of Topliss-reactive ketones (excluding diaryl/α,β-unsaturated/α-hetero) is 2. The lowest BCUT2D eigenvalue weighted by atomic mass is 9.63. The highest BCUT2D eigenvalue weighted by atomic mass is 16.5. The first-order valence-corrected chi connectivity index (χ1v) is 9.89. The number of hydrogen-bond donors (Lipinski definition) is 1. The Kier molecular flexibility index (Phi) is 6.09. The van der Waals surface area contributed by atoms with Gasteiger partial charge in [-0.05, 0) is 49.8 Å². The van der Waals surface area contributed by atoms with Gasteiger partial charge in [0, 0.05) is 37.1 Å². The average Bonchev–Trinajstić information content (AvgIpc) is 2.69. The van der Waals surface area contributed by atoms with Crippen LogP contribution in [-0.2, 0) is 14.4 Å². The molecule has 6 nitrogen and oxygen atoms in total. The third kappa shape index (κ3) is 4.06. The molecule has 1 saturated heterocycles. The van der Waals surface area contributed by atoms with Gasteiger partial charge < -0.3 is 14.7 Å². The minimum Gasteiger partial charge on any atom is -0.496 e. The molecule has 0 radical (unpaired) electrons. The van der Waals surface area contributed by atoms with Crippen LogP contribution in [0.5, 0.6) is 5.75 Å². The van der Waals surface area contributed by atoms with Crippen LogP contribution in [0.15, 0.2) is 12.1 Å². The van der Waals surface area contributed by atoms with E-state index in [2.05, 4.69) is 11.8 Å². The third-order valence-electron chi connectivity index (χ3n) is 6.18. The lowest BCUT2D eigenvalue weighted by Crippen LogP contribution is -2.49. The zero-order valence-electron chi connectivity index (χ0n) is 17.2. The highest BCUT2D eigenvalue weighted by Gasteiger charge is 2.48. The predicted octanol–water partition coefficient (Wildman–Crippen LogP) is 1.99. The Morgan fingerprint density at radius 3 is 2.38 bits per heavy atom. The number of ether oxygens (including phenoxy) is 1. The van der Waals surface area contributed by atoms with Crippen molar-refractivity contribution >= 4 is 17.5 Å². The summed E-state index contributed by atoms with van der Waals surface area (Å²) in [5.74, 6) is 5.08. The topological polar surface area (TPSA) is 83.9 Å². The monoisotopic (exact) mass is 397 g/mol. The molecule has 6 heteroatoms. The standard InChI is InChI=1S/C23H27NO5/c1-4-5-16-10-15(2)21(19(11-16)29-3)22-17(26)12-23(13-18(22)27)6-8-24(9-7-23)20(28)14-25/h10-11,22,25H,6-9,12-14H2,1-3H3. The highest BCUT2D eigenvalue weighted by Crippen LogP contribution is 2.47. The van der Waals surface area contributed by atoms with Gasteiger partial charge in [0.15, 0.2) is 0 Å². The van der Waals surface area contributed by atoms with E-state index in [1.165, 1.54) is 7.11 Å². The molecule has 1 aromatic carbocycles. The van der Waals surface area contributed by atoms with Crippen molar-refractivity contribution < 1.29 is 24.2 Å². The number of carbonyl (C=O) groups excluding carboxylic acids is 3. The molecule has 0 atom stereocenters. The summed E-state index contributed by atoms with van der Waals surface area (Å²) in [6.07, 6.45) is 1.85. The smallest absolute Gasteiger partial charge is 0.248 e. The second-order valence-corrected chi connectivity index (χ2v) is 8.04. The molecule has 0 bridgehead atoms. The largest absolute Gasteiger partial charge is 0.496 e. The van der Waals surface area contributed by atoms with Crippen molar-refractivity contribution in [1.29, 1.82) is 0 Å². The fourth-order valence-electron chi connectivity index (χ4n) is 4.71. The van der Waals surface area contributed by atoms with Gasteiger partial charge in [-0.15, -0.1) is 5.92 Å². The SMILES string of the molecule is CC#Cc1cc(C)c(C2C(=O)CC3(CCN(C(=O)CO)CC3)CC2=O)c(OC)c1. The molecule has 29 heavy (non-hydrogen) atoms. The van der Waals surface area contributed by atoms with Crippen LogP contribution in [0.4, 0.5) is 0 Å². The molecule has 1 aliphatic heterocycles. The van der Waals surface area contributed by atoms with Gasteiger partial charge in [0.25, 0.3) is 0 Å². The fraction of sp³-hybridized carbons (Fsp3) is 0.522. The summed E-state index contributed by atoms with van der Waals surface area (Å²) in [5, 5.41) is 9.04. The molecule has 1 aliphatic carbocycles. The van der Waals surface area contributed by atoms with Gasteiger partial charge in [0.1, 0.15) is 29.8 Å². The van der Waals surface area contributed by atoms with Crippen LogP contribution in [0.25, 0.3) is 0 Å². The first-order valence-electron chi connectivity index (χ1n) is 9.89. The number of likely N-dealkylation sites (tertiary alicyclic amines) is 1. The van der Waals surface area contributed by atoms with Gasteiger partial charge in [-0.25, -0.2) is 0 Å². The van der Waals surface area contributed by atoms with Gasteiger partial charge in [-0.1, -0.05) is 5.92 Å². The second-order valence-electron chi connectivity index (χ2n) is 8.04. The molecule has 1 spiro atoms. The quantitative estimate of drug-likeness (QED) is 0.623. The van der Waals surface area contributed by atoms with Crippen LogP contribution in [0.3, 0.4) is 0 Å². The minimum absolute atomic E-state index is 0.0843. The van der Waals surface area contributed by atoms with Gasteiger partial charge in [-0.3, -0.25) is 14.4 Å². The number of piperidine rings is 1. The van der Waals surface area contributed by atoms with Crippen molar-refractivity contribution in [3.8, 4) is 17.6 Å². The number of nitrogens with zero attached hydrogens (tertiary/aromatic N) is 1. The molecule has 1 saturated carbocycles. The van der Waals surface area contributed by atoms with Crippen LogP contribution >= 0.6 is 0 Å². The van der Waals surface area contributed by atoms with Crippen LogP contribution < -0.4 is 4.74 Å². The number of aryl methyl sites for hydroxylation is 1. The minimum atomic E-state index is -0.809. The van der Waals surface area contributed by atoms with E-state index in [0.29, 0.717) is 50.1 Å². The highest BCUT2D eigenvalue weighted by molar-refractivity contribution is 6.11. The number of amides is 1. The Morgan fingerprint density at radius 1 is 1.24 bits per heavy atom. The molecule has 3 rings (SSSR count). The zero-order valence-corrected chi connectivity index (χ0v) is 17.2. The number of benzene rings is 1. The van der Waals surface area contributed by atoms with Crippen LogP contribution in [0.1, 0.15) is 55.2 Å². The summed E-state index contributed by atoms with van der Waals surface area (Å²) in [5.41, 5.74) is 1.88. The van der Waals surface area contributed by atoms with E-state index in [4.69, 9.17) is 9.84 Å². The molecule has 2 aliphatic rings. The maximum absolute atomic E-state index is 13.2. The first kappa shape index (κ1) is 21.1. The molecule has 2 fully saturated rings. The maximum atomic E-state index is 13.2. The number of hydrogen-bond acceptors (Lipinski definition) is 5. The average molecular weight is 397 g/mol. The van der Waals surface area contributed by atoms with E-state index in [0.717, 1.165) is 11.1 Å². The number of methoxy groups -OCH3 is 1. The number of ketones is 2. The van der Waals surface area contributed by atoms with Gasteiger partial charge in [0.2, 0.25) is 5.91 Å². The Bertz CT molecular complexity index is 880. The summed E-state index contributed by atoms with van der Waals surface area (Å²) in [6, 6.07) is 3.67. The molecule has 1 N–H and O–H groups in total. The summed E-state index contributed by atoms with van der Waals surface area (Å²) in [7, 11) is 1.54. The predicted molar refractivity (Wildman–Crippen MR) is 108 cm³/mol. The van der Waals surface area contributed by atoms with Gasteiger partial charge >= 0.3 is 0 Å². The van der Waals surface area contributed by atoms with Gasteiger partial charge in [-0.2, -0.15) is 0 Å². The maximum Gasteiger partial charge on any atom is 0.248 e. The van der Waals surface area contributed by atoms with Crippen molar-refractivity contribution in [2.45, 2.75) is 45.4 Å². The second kappa shape index (κ2) is 8.38. The molecular weight excluding hydrogens is 370 g/mol. The van der Waals surface area contributed by atoms with Crippen molar-refractivity contribution in [2.75, 3.05) is 26.8 Å². The Hall–Kier alpha value is -2.65. The van der Waals surface area contributed by atoms with E-state index in [1.807, 2.05) is 13.0 Å². The molecule has 0 aromatic heterocycles. The van der Waals surface area contributed by atoms with E-state index >= 15 is 0 Å². The Morgan fingerprint density at radius 2 is 1.86 bits per heavy atom. The molecule has 1 aromatic rings. The van der Waals surface area contributed by atoms with E-state index in [1.54, 1.807) is 17.9 Å². The van der Waals surface area contributed by atoms with E-state index < -0.39 is 12.5 Å². The van der Waals surface area contributed by atoms with Crippen molar-refractivity contribution in [2.24, 2.45) is 5.41 Å². The van der Waals surface area contributed by atoms with E-state index in [9.17, 15) is 14.4 Å². The molecule has 0 unspecified atom stereocenters. The summed E-state index contributed by atoms with van der Waals surface area (Å²) in [4.78, 5) is 39.6. The number of carbonyl (C=O) groups is 3. The number of rotatable bonds is 3.